The maximum Gasteiger partial charge on any atom is 0.303 e. The van der Waals surface area contributed by atoms with Gasteiger partial charge in [0, 0.05) is 6.92 Å². The molecule has 0 aromatic rings. The molecule has 1 aliphatic heterocycles. The van der Waals surface area contributed by atoms with Crippen molar-refractivity contribution in [3.05, 3.63) is 12.2 Å². The van der Waals surface area contributed by atoms with Crippen LogP contribution in [0, 0.1) is 0 Å². The highest BCUT2D eigenvalue weighted by Crippen LogP contribution is 2.38. The molecule has 4 nitrogen and oxygen atoms in total. The van der Waals surface area contributed by atoms with Crippen LogP contribution in [0.25, 0.3) is 0 Å². The van der Waals surface area contributed by atoms with E-state index >= 15 is 0 Å². The molecule has 2 atom stereocenters. The van der Waals surface area contributed by atoms with Crippen molar-refractivity contribution in [2.45, 2.75) is 18.6 Å². The van der Waals surface area contributed by atoms with Crippen LogP contribution in [0.2, 0.25) is 0 Å². The molecular formula is C8H8O4. The third kappa shape index (κ3) is 0.881. The Morgan fingerprint density at radius 1 is 1.83 bits per heavy atom. The van der Waals surface area contributed by atoms with Gasteiger partial charge in [-0.1, -0.05) is 0 Å². The van der Waals surface area contributed by atoms with Crippen LogP contribution in [0.15, 0.2) is 12.2 Å². The Labute approximate surface area is 69.1 Å². The van der Waals surface area contributed by atoms with Crippen LogP contribution in [-0.4, -0.2) is 30.1 Å². The summed E-state index contributed by atoms with van der Waals surface area (Å²) in [6, 6.07) is 0. The topological polar surface area (TPSA) is 55.9 Å². The van der Waals surface area contributed by atoms with E-state index in [9.17, 15) is 9.59 Å². The number of esters is 1. The van der Waals surface area contributed by atoms with E-state index in [1.807, 2.05) is 0 Å². The smallest absolute Gasteiger partial charge is 0.303 e. The van der Waals surface area contributed by atoms with Crippen LogP contribution in [0.3, 0.4) is 0 Å². The van der Waals surface area contributed by atoms with Gasteiger partial charge in [0.25, 0.3) is 0 Å². The number of hydrogen-bond donors (Lipinski definition) is 0. The molecular weight excluding hydrogens is 160 g/mol. The van der Waals surface area contributed by atoms with E-state index in [0.29, 0.717) is 6.61 Å². The number of carbonyl (C=O) groups excluding carboxylic acids is 2. The average Bonchev–Trinajstić information content (AvgIpc) is 2.71. The van der Waals surface area contributed by atoms with Crippen molar-refractivity contribution in [1.29, 1.82) is 0 Å². The minimum atomic E-state index is -0.842. The summed E-state index contributed by atoms with van der Waals surface area (Å²) in [5.74, 6) is -0.497. The largest absolute Gasteiger partial charge is 0.455 e. The third-order valence-corrected chi connectivity index (χ3v) is 2.05. The molecule has 0 bridgehead atoms. The fourth-order valence-corrected chi connectivity index (χ4v) is 1.31. The van der Waals surface area contributed by atoms with Gasteiger partial charge in [0.15, 0.2) is 17.5 Å². The molecule has 1 fully saturated rings. The predicted molar refractivity (Wildman–Crippen MR) is 38.4 cm³/mol. The predicted octanol–water partition coefficient (Wildman–Crippen LogP) is -0.174. The second kappa shape index (κ2) is 2.17. The number of ether oxygens (including phenoxy) is 2. The molecule has 12 heavy (non-hydrogen) atoms. The number of rotatable bonds is 1. The first-order chi connectivity index (χ1) is 5.65. The average molecular weight is 168 g/mol. The highest BCUT2D eigenvalue weighted by atomic mass is 16.6. The summed E-state index contributed by atoms with van der Waals surface area (Å²) in [6.45, 7) is 1.67. The van der Waals surface area contributed by atoms with Gasteiger partial charge in [-0.25, -0.2) is 0 Å². The standard InChI is InChI=1S/C8H8O4/c1-5(9)12-7-3-2-6(10)8(7)4-11-8/h2-3,7H,4H2,1H3/t7-,8-/m0/s1. The SMILES string of the molecule is CC(=O)O[C@H]1C=CC(=O)[C@@]12CO2. The van der Waals surface area contributed by atoms with Gasteiger partial charge in [0.1, 0.15) is 0 Å². The maximum absolute atomic E-state index is 11.1. The third-order valence-electron chi connectivity index (χ3n) is 2.05. The van der Waals surface area contributed by atoms with Crippen molar-refractivity contribution < 1.29 is 19.1 Å². The Hall–Kier alpha value is -1.16. The fourth-order valence-electron chi connectivity index (χ4n) is 1.31. The van der Waals surface area contributed by atoms with Crippen molar-refractivity contribution in [1.82, 2.24) is 0 Å². The van der Waals surface area contributed by atoms with E-state index in [1.165, 1.54) is 13.0 Å². The van der Waals surface area contributed by atoms with Gasteiger partial charge in [-0.3, -0.25) is 9.59 Å². The van der Waals surface area contributed by atoms with Crippen molar-refractivity contribution in [3.8, 4) is 0 Å². The first kappa shape index (κ1) is 7.49. The van der Waals surface area contributed by atoms with E-state index in [-0.39, 0.29) is 5.78 Å². The normalized spacial score (nSPS) is 37.4. The van der Waals surface area contributed by atoms with Gasteiger partial charge in [-0.2, -0.15) is 0 Å². The Balaban J connectivity index is 2.13. The van der Waals surface area contributed by atoms with Crippen LogP contribution < -0.4 is 0 Å². The molecule has 4 heteroatoms. The Morgan fingerprint density at radius 3 is 3.00 bits per heavy atom. The van der Waals surface area contributed by atoms with E-state index in [0.717, 1.165) is 0 Å². The van der Waals surface area contributed by atoms with Crippen LogP contribution >= 0.6 is 0 Å². The lowest BCUT2D eigenvalue weighted by molar-refractivity contribution is -0.147. The van der Waals surface area contributed by atoms with E-state index in [4.69, 9.17) is 9.47 Å². The first-order valence-electron chi connectivity index (χ1n) is 3.69. The van der Waals surface area contributed by atoms with Gasteiger partial charge in [0.05, 0.1) is 6.61 Å². The number of carbonyl (C=O) groups is 2. The van der Waals surface area contributed by atoms with Crippen molar-refractivity contribution in [3.63, 3.8) is 0 Å². The van der Waals surface area contributed by atoms with Crippen molar-refractivity contribution in [2.75, 3.05) is 6.61 Å². The molecule has 1 aliphatic carbocycles. The summed E-state index contributed by atoms with van der Waals surface area (Å²) in [6.07, 6.45) is 2.46. The summed E-state index contributed by atoms with van der Waals surface area (Å²) in [5, 5.41) is 0. The lowest BCUT2D eigenvalue weighted by atomic mass is 10.1. The molecule has 2 rings (SSSR count). The van der Waals surface area contributed by atoms with E-state index < -0.39 is 17.7 Å². The van der Waals surface area contributed by atoms with E-state index in [1.54, 1.807) is 6.08 Å². The lowest BCUT2D eigenvalue weighted by Gasteiger charge is -2.12. The molecule has 64 valence electrons. The molecule has 1 saturated heterocycles. The minimum Gasteiger partial charge on any atom is -0.455 e. The molecule has 0 saturated carbocycles. The zero-order valence-electron chi connectivity index (χ0n) is 6.57. The molecule has 0 aromatic carbocycles. The molecule has 0 unspecified atom stereocenters. The summed E-state index contributed by atoms with van der Waals surface area (Å²) < 4.78 is 9.88. The number of epoxide rings is 1. The molecule has 1 spiro atoms. The molecule has 0 N–H and O–H groups in total. The highest BCUT2D eigenvalue weighted by Gasteiger charge is 2.60. The Morgan fingerprint density at radius 2 is 2.50 bits per heavy atom. The monoisotopic (exact) mass is 168 g/mol. The van der Waals surface area contributed by atoms with E-state index in [2.05, 4.69) is 0 Å². The molecule has 0 aromatic heterocycles. The molecule has 0 amide bonds. The number of ketones is 1. The number of hydrogen-bond acceptors (Lipinski definition) is 4. The second-order valence-electron chi connectivity index (χ2n) is 2.93. The van der Waals surface area contributed by atoms with Gasteiger partial charge >= 0.3 is 5.97 Å². The molecule has 1 heterocycles. The Bertz CT molecular complexity index is 275. The lowest BCUT2D eigenvalue weighted by Crippen LogP contribution is -2.34. The van der Waals surface area contributed by atoms with Crippen molar-refractivity contribution >= 4 is 11.8 Å². The zero-order chi connectivity index (χ0) is 8.77. The minimum absolute atomic E-state index is 0.103. The summed E-state index contributed by atoms with van der Waals surface area (Å²) in [5.41, 5.74) is -0.842. The summed E-state index contributed by atoms with van der Waals surface area (Å²) in [4.78, 5) is 21.7. The summed E-state index contributed by atoms with van der Waals surface area (Å²) in [7, 11) is 0. The van der Waals surface area contributed by atoms with Crippen LogP contribution in [0.4, 0.5) is 0 Å². The highest BCUT2D eigenvalue weighted by molar-refractivity contribution is 6.02. The summed E-state index contributed by atoms with van der Waals surface area (Å²) >= 11 is 0. The van der Waals surface area contributed by atoms with Crippen LogP contribution in [0.1, 0.15) is 6.92 Å². The van der Waals surface area contributed by atoms with Gasteiger partial charge in [-0.15, -0.1) is 0 Å². The van der Waals surface area contributed by atoms with Gasteiger partial charge < -0.3 is 9.47 Å². The molecule has 2 aliphatic rings. The quantitative estimate of drug-likeness (QED) is 0.403. The van der Waals surface area contributed by atoms with Gasteiger partial charge in [-0.05, 0) is 12.2 Å². The first-order valence-corrected chi connectivity index (χ1v) is 3.69. The molecule has 0 radical (unpaired) electrons. The maximum atomic E-state index is 11.1. The Kier molecular flexibility index (Phi) is 1.35. The van der Waals surface area contributed by atoms with Crippen LogP contribution in [0.5, 0.6) is 0 Å². The van der Waals surface area contributed by atoms with Gasteiger partial charge in [0.2, 0.25) is 0 Å². The fraction of sp³-hybridized carbons (Fsp3) is 0.500. The van der Waals surface area contributed by atoms with Crippen molar-refractivity contribution in [2.24, 2.45) is 0 Å². The van der Waals surface area contributed by atoms with Crippen LogP contribution in [-0.2, 0) is 19.1 Å². The second-order valence-corrected chi connectivity index (χ2v) is 2.93. The zero-order valence-corrected chi connectivity index (χ0v) is 6.57.